The fourth-order valence-electron chi connectivity index (χ4n) is 0.772. The minimum absolute atomic E-state index is 0.910. The van der Waals surface area contributed by atoms with Crippen molar-refractivity contribution in [3.05, 3.63) is 49.1 Å². The molecule has 3 heteroatoms. The number of aromatic amines is 1. The highest BCUT2D eigenvalue weighted by molar-refractivity contribution is 5.20. The van der Waals surface area contributed by atoms with Crippen LogP contribution in [0.1, 0.15) is 0 Å². The molecule has 1 heterocycles. The molecule has 3 nitrogen and oxygen atoms in total. The fourth-order valence-corrected chi connectivity index (χ4v) is 0.772. The molecule has 0 unspecified atom stereocenters. The third-order valence-corrected chi connectivity index (χ3v) is 1.38. The van der Waals surface area contributed by atoms with Crippen molar-refractivity contribution in [3.63, 3.8) is 0 Å². The molecule has 1 aromatic carbocycles. The Kier molecular flexibility index (Phi) is 4.18. The van der Waals surface area contributed by atoms with Crippen LogP contribution in [0.2, 0.25) is 0 Å². The summed E-state index contributed by atoms with van der Waals surface area (Å²) in [6, 6.07) is 9.68. The lowest BCUT2D eigenvalue weighted by Crippen LogP contribution is -1.78. The third kappa shape index (κ3) is 3.96. The number of aromatic nitrogens is 2. The second-order valence-electron chi connectivity index (χ2n) is 2.28. The molecule has 0 atom stereocenters. The van der Waals surface area contributed by atoms with Crippen molar-refractivity contribution >= 4 is 0 Å². The van der Waals surface area contributed by atoms with Crippen LogP contribution in [-0.4, -0.2) is 17.1 Å². The summed E-state index contributed by atoms with van der Waals surface area (Å²) in [7, 11) is 1.66. The van der Waals surface area contributed by atoms with Crippen molar-refractivity contribution in [1.82, 2.24) is 9.97 Å². The summed E-state index contributed by atoms with van der Waals surface area (Å²) in [6.07, 6.45) is 5.08. The molecule has 0 saturated carbocycles. The predicted molar refractivity (Wildman–Crippen MR) is 51.6 cm³/mol. The molecule has 2 aromatic rings. The molecular weight excluding hydrogens is 164 g/mol. The van der Waals surface area contributed by atoms with Crippen molar-refractivity contribution in [2.45, 2.75) is 0 Å². The summed E-state index contributed by atoms with van der Waals surface area (Å²) in [4.78, 5) is 6.42. The number of rotatable bonds is 1. The van der Waals surface area contributed by atoms with Gasteiger partial charge in [0, 0.05) is 12.4 Å². The zero-order chi connectivity index (χ0) is 9.36. The Bertz CT molecular complexity index is 275. The number of para-hydroxylation sites is 1. The van der Waals surface area contributed by atoms with E-state index in [9.17, 15) is 0 Å². The van der Waals surface area contributed by atoms with Gasteiger partial charge in [0.2, 0.25) is 0 Å². The normalized spacial score (nSPS) is 8.38. The van der Waals surface area contributed by atoms with Crippen LogP contribution in [0.5, 0.6) is 5.75 Å². The fraction of sp³-hybridized carbons (Fsp3) is 0.100. The number of benzene rings is 1. The minimum Gasteiger partial charge on any atom is -0.497 e. The van der Waals surface area contributed by atoms with E-state index in [4.69, 9.17) is 4.74 Å². The van der Waals surface area contributed by atoms with E-state index in [1.807, 2.05) is 30.3 Å². The first-order chi connectivity index (χ1) is 6.43. The van der Waals surface area contributed by atoms with Gasteiger partial charge in [-0.1, -0.05) is 18.2 Å². The van der Waals surface area contributed by atoms with Gasteiger partial charge in [-0.25, -0.2) is 4.98 Å². The molecule has 68 valence electrons. The molecule has 0 spiro atoms. The van der Waals surface area contributed by atoms with Gasteiger partial charge in [0.05, 0.1) is 13.4 Å². The maximum Gasteiger partial charge on any atom is 0.118 e. The van der Waals surface area contributed by atoms with Crippen LogP contribution in [0.3, 0.4) is 0 Å². The molecular formula is C10H12N2O. The van der Waals surface area contributed by atoms with E-state index in [-0.39, 0.29) is 0 Å². The van der Waals surface area contributed by atoms with Crippen molar-refractivity contribution in [1.29, 1.82) is 0 Å². The standard InChI is InChI=1S/C7H8O.C3H4N2/c1-8-7-5-3-2-4-6-7;1-2-5-3-4-1/h2-6H,1H3;1-3H,(H,4,5). The molecule has 1 N–H and O–H groups in total. The SMILES string of the molecule is COc1ccccc1.c1c[nH]cn1. The summed E-state index contributed by atoms with van der Waals surface area (Å²) < 4.78 is 4.91. The van der Waals surface area contributed by atoms with E-state index in [2.05, 4.69) is 9.97 Å². The monoisotopic (exact) mass is 176 g/mol. The molecule has 0 amide bonds. The number of H-pyrrole nitrogens is 1. The van der Waals surface area contributed by atoms with E-state index < -0.39 is 0 Å². The molecule has 0 bridgehead atoms. The summed E-state index contributed by atoms with van der Waals surface area (Å²) in [5.74, 6) is 0.910. The number of hydrogen-bond donors (Lipinski definition) is 1. The molecule has 1 aromatic heterocycles. The molecule has 0 aliphatic carbocycles. The molecule has 0 saturated heterocycles. The highest BCUT2D eigenvalue weighted by Gasteiger charge is 1.80. The van der Waals surface area contributed by atoms with Gasteiger partial charge in [0.25, 0.3) is 0 Å². The molecule has 2 rings (SSSR count). The number of methoxy groups -OCH3 is 1. The van der Waals surface area contributed by atoms with Crippen molar-refractivity contribution in [2.24, 2.45) is 0 Å². The first-order valence-electron chi connectivity index (χ1n) is 3.95. The van der Waals surface area contributed by atoms with Crippen LogP contribution < -0.4 is 4.74 Å². The van der Waals surface area contributed by atoms with Crippen molar-refractivity contribution in [3.8, 4) is 5.75 Å². The average Bonchev–Trinajstić information content (AvgIpc) is 2.77. The number of nitrogens with zero attached hydrogens (tertiary/aromatic N) is 1. The smallest absolute Gasteiger partial charge is 0.118 e. The Morgan fingerprint density at radius 3 is 2.31 bits per heavy atom. The summed E-state index contributed by atoms with van der Waals surface area (Å²) in [6.45, 7) is 0. The zero-order valence-corrected chi connectivity index (χ0v) is 7.47. The van der Waals surface area contributed by atoms with E-state index >= 15 is 0 Å². The van der Waals surface area contributed by atoms with Crippen LogP contribution in [0.25, 0.3) is 0 Å². The Morgan fingerprint density at radius 1 is 1.23 bits per heavy atom. The highest BCUT2D eigenvalue weighted by Crippen LogP contribution is 2.05. The maximum absolute atomic E-state index is 4.91. The number of ether oxygens (including phenoxy) is 1. The zero-order valence-electron chi connectivity index (χ0n) is 7.47. The van der Waals surface area contributed by atoms with Gasteiger partial charge >= 0.3 is 0 Å². The molecule has 0 radical (unpaired) electrons. The second-order valence-corrected chi connectivity index (χ2v) is 2.28. The van der Waals surface area contributed by atoms with E-state index in [0.29, 0.717) is 0 Å². The van der Waals surface area contributed by atoms with Gasteiger partial charge in [-0.3, -0.25) is 0 Å². The summed E-state index contributed by atoms with van der Waals surface area (Å²) >= 11 is 0. The predicted octanol–water partition coefficient (Wildman–Crippen LogP) is 2.10. The minimum atomic E-state index is 0.910. The highest BCUT2D eigenvalue weighted by atomic mass is 16.5. The van der Waals surface area contributed by atoms with Gasteiger partial charge in [-0.05, 0) is 12.1 Å². The second kappa shape index (κ2) is 5.83. The molecule has 0 fully saturated rings. The molecule has 0 aliphatic rings. The van der Waals surface area contributed by atoms with Crippen molar-refractivity contribution < 1.29 is 4.74 Å². The summed E-state index contributed by atoms with van der Waals surface area (Å²) in [5.41, 5.74) is 0. The lowest BCUT2D eigenvalue weighted by Gasteiger charge is -1.93. The largest absolute Gasteiger partial charge is 0.497 e. The molecule has 0 aliphatic heterocycles. The Morgan fingerprint density at radius 2 is 2.00 bits per heavy atom. The van der Waals surface area contributed by atoms with Gasteiger partial charge in [-0.15, -0.1) is 0 Å². The first-order valence-corrected chi connectivity index (χ1v) is 3.95. The van der Waals surface area contributed by atoms with Gasteiger partial charge in [0.1, 0.15) is 5.75 Å². The van der Waals surface area contributed by atoms with Crippen LogP contribution in [0, 0.1) is 0 Å². The van der Waals surface area contributed by atoms with Gasteiger partial charge < -0.3 is 9.72 Å². The lowest BCUT2D eigenvalue weighted by molar-refractivity contribution is 0.415. The van der Waals surface area contributed by atoms with E-state index in [1.165, 1.54) is 0 Å². The number of imidazole rings is 1. The van der Waals surface area contributed by atoms with E-state index in [0.717, 1.165) is 5.75 Å². The Hall–Kier alpha value is -1.77. The topological polar surface area (TPSA) is 37.9 Å². The summed E-state index contributed by atoms with van der Waals surface area (Å²) in [5, 5.41) is 0. The van der Waals surface area contributed by atoms with Crippen LogP contribution >= 0.6 is 0 Å². The lowest BCUT2D eigenvalue weighted by atomic mass is 10.3. The van der Waals surface area contributed by atoms with Crippen molar-refractivity contribution in [2.75, 3.05) is 7.11 Å². The Balaban J connectivity index is 0.000000145. The van der Waals surface area contributed by atoms with Crippen LogP contribution in [0.15, 0.2) is 49.1 Å². The third-order valence-electron chi connectivity index (χ3n) is 1.38. The average molecular weight is 176 g/mol. The molecule has 13 heavy (non-hydrogen) atoms. The number of nitrogens with one attached hydrogen (secondary N) is 1. The van der Waals surface area contributed by atoms with Gasteiger partial charge in [-0.2, -0.15) is 0 Å². The first kappa shape index (κ1) is 9.32. The van der Waals surface area contributed by atoms with Crippen LogP contribution in [-0.2, 0) is 0 Å². The maximum atomic E-state index is 4.91. The Labute approximate surface area is 77.4 Å². The quantitative estimate of drug-likeness (QED) is 0.722. The number of hydrogen-bond acceptors (Lipinski definition) is 2. The van der Waals surface area contributed by atoms with Gasteiger partial charge in [0.15, 0.2) is 0 Å². The van der Waals surface area contributed by atoms with Crippen LogP contribution in [0.4, 0.5) is 0 Å². The van der Waals surface area contributed by atoms with E-state index in [1.54, 1.807) is 25.8 Å².